The second-order valence-corrected chi connectivity index (χ2v) is 5.27. The van der Waals surface area contributed by atoms with Gasteiger partial charge in [0, 0.05) is 18.5 Å². The lowest BCUT2D eigenvalue weighted by Crippen LogP contribution is -2.05. The van der Waals surface area contributed by atoms with E-state index < -0.39 is 0 Å². The predicted molar refractivity (Wildman–Crippen MR) is 63.6 cm³/mol. The molecule has 1 fully saturated rings. The van der Waals surface area contributed by atoms with Gasteiger partial charge in [0.15, 0.2) is 0 Å². The number of aromatic nitrogens is 2. The summed E-state index contributed by atoms with van der Waals surface area (Å²) in [5.74, 6) is 1.91. The second kappa shape index (κ2) is 3.48. The molecule has 0 aliphatic heterocycles. The molecule has 1 aliphatic rings. The number of ether oxygens (including phenoxy) is 1. The molecule has 0 bridgehead atoms. The van der Waals surface area contributed by atoms with E-state index in [0.29, 0.717) is 11.8 Å². The van der Waals surface area contributed by atoms with Crippen molar-refractivity contribution in [1.82, 2.24) is 9.78 Å². The van der Waals surface area contributed by atoms with Crippen LogP contribution in [0.4, 0.5) is 0 Å². The van der Waals surface area contributed by atoms with Crippen molar-refractivity contribution in [2.45, 2.75) is 26.7 Å². The minimum atomic E-state index is 0.274. The summed E-state index contributed by atoms with van der Waals surface area (Å²) in [6.45, 7) is 7.30. The van der Waals surface area contributed by atoms with Crippen LogP contribution >= 0.6 is 0 Å². The van der Waals surface area contributed by atoms with Gasteiger partial charge in [0.2, 0.25) is 5.88 Å². The van der Waals surface area contributed by atoms with Crippen LogP contribution < -0.4 is 10.5 Å². The molecule has 0 amide bonds. The fraction of sp³-hybridized carbons (Fsp3) is 0.750. The van der Waals surface area contributed by atoms with Crippen LogP contribution in [0.5, 0.6) is 5.88 Å². The Balaban J connectivity index is 2.42. The Kier molecular flexibility index (Phi) is 2.49. The first-order chi connectivity index (χ1) is 7.45. The van der Waals surface area contributed by atoms with Gasteiger partial charge in [0.05, 0.1) is 12.8 Å². The Morgan fingerprint density at radius 3 is 2.56 bits per heavy atom. The van der Waals surface area contributed by atoms with Crippen molar-refractivity contribution >= 4 is 0 Å². The zero-order valence-corrected chi connectivity index (χ0v) is 10.7. The van der Waals surface area contributed by atoms with Gasteiger partial charge in [-0.05, 0) is 24.8 Å². The Hall–Kier alpha value is -1.03. The van der Waals surface area contributed by atoms with Crippen LogP contribution in [0, 0.1) is 18.3 Å². The second-order valence-electron chi connectivity index (χ2n) is 5.27. The van der Waals surface area contributed by atoms with E-state index in [1.165, 1.54) is 5.56 Å². The summed E-state index contributed by atoms with van der Waals surface area (Å²) in [6, 6.07) is 0. The maximum absolute atomic E-state index is 5.82. The van der Waals surface area contributed by atoms with Crippen molar-refractivity contribution in [1.29, 1.82) is 0 Å². The third-order valence-electron chi connectivity index (χ3n) is 4.02. The Morgan fingerprint density at radius 1 is 1.50 bits per heavy atom. The van der Waals surface area contributed by atoms with Gasteiger partial charge in [-0.1, -0.05) is 13.8 Å². The van der Waals surface area contributed by atoms with Crippen molar-refractivity contribution in [3.63, 3.8) is 0 Å². The maximum Gasteiger partial charge on any atom is 0.215 e. The normalized spacial score (nSPS) is 26.9. The van der Waals surface area contributed by atoms with Crippen LogP contribution in [0.1, 0.15) is 31.0 Å². The van der Waals surface area contributed by atoms with Gasteiger partial charge in [-0.15, -0.1) is 0 Å². The summed E-state index contributed by atoms with van der Waals surface area (Å²) in [5.41, 5.74) is 8.40. The fourth-order valence-corrected chi connectivity index (χ4v) is 3.01. The van der Waals surface area contributed by atoms with E-state index in [0.717, 1.165) is 18.1 Å². The summed E-state index contributed by atoms with van der Waals surface area (Å²) in [4.78, 5) is 0. The Labute approximate surface area is 96.8 Å². The van der Waals surface area contributed by atoms with Crippen molar-refractivity contribution in [2.75, 3.05) is 13.7 Å². The predicted octanol–water partition coefficient (Wildman–Crippen LogP) is 1.44. The number of nitrogens with two attached hydrogens (primary N) is 1. The zero-order valence-electron chi connectivity index (χ0n) is 10.7. The van der Waals surface area contributed by atoms with E-state index in [1.54, 1.807) is 7.11 Å². The van der Waals surface area contributed by atoms with E-state index in [1.807, 2.05) is 18.7 Å². The Bertz CT molecular complexity index is 409. The molecular formula is C12H21N3O. The summed E-state index contributed by atoms with van der Waals surface area (Å²) in [6.07, 6.45) is 0. The van der Waals surface area contributed by atoms with Crippen molar-refractivity contribution in [2.24, 2.45) is 24.1 Å². The Morgan fingerprint density at radius 2 is 2.12 bits per heavy atom. The van der Waals surface area contributed by atoms with Crippen molar-refractivity contribution in [3.05, 3.63) is 11.3 Å². The highest BCUT2D eigenvalue weighted by molar-refractivity contribution is 5.42. The van der Waals surface area contributed by atoms with Gasteiger partial charge in [-0.2, -0.15) is 5.10 Å². The molecule has 2 rings (SSSR count). The number of rotatable bonds is 3. The van der Waals surface area contributed by atoms with Gasteiger partial charge in [0.25, 0.3) is 0 Å². The first-order valence-electron chi connectivity index (χ1n) is 5.72. The van der Waals surface area contributed by atoms with Gasteiger partial charge in [-0.3, -0.25) is 0 Å². The molecule has 2 atom stereocenters. The number of methoxy groups -OCH3 is 1. The SMILES string of the molecule is COc1c([C@@H]2[C@@H](CN)C2(C)C)c(C)nn1C. The van der Waals surface area contributed by atoms with Crippen LogP contribution in [0.15, 0.2) is 0 Å². The molecule has 90 valence electrons. The molecule has 2 N–H and O–H groups in total. The van der Waals surface area contributed by atoms with E-state index in [9.17, 15) is 0 Å². The monoisotopic (exact) mass is 223 g/mol. The minimum Gasteiger partial charge on any atom is -0.481 e. The summed E-state index contributed by atoms with van der Waals surface area (Å²) >= 11 is 0. The third kappa shape index (κ3) is 1.36. The van der Waals surface area contributed by atoms with Gasteiger partial charge in [0.1, 0.15) is 0 Å². The molecule has 0 spiro atoms. The molecule has 0 aromatic carbocycles. The first kappa shape index (κ1) is 11.5. The van der Waals surface area contributed by atoms with E-state index in [-0.39, 0.29) is 5.41 Å². The largest absolute Gasteiger partial charge is 0.481 e. The molecule has 4 nitrogen and oxygen atoms in total. The molecule has 0 radical (unpaired) electrons. The molecule has 16 heavy (non-hydrogen) atoms. The third-order valence-corrected chi connectivity index (χ3v) is 4.02. The highest BCUT2D eigenvalue weighted by atomic mass is 16.5. The lowest BCUT2D eigenvalue weighted by Gasteiger charge is -2.06. The van der Waals surface area contributed by atoms with E-state index in [2.05, 4.69) is 18.9 Å². The number of hydrogen-bond donors (Lipinski definition) is 1. The highest BCUT2D eigenvalue weighted by Gasteiger charge is 2.59. The molecule has 4 heteroatoms. The van der Waals surface area contributed by atoms with Gasteiger partial charge >= 0.3 is 0 Å². The van der Waals surface area contributed by atoms with Crippen LogP contribution in [0.25, 0.3) is 0 Å². The van der Waals surface area contributed by atoms with Crippen molar-refractivity contribution in [3.8, 4) is 5.88 Å². The van der Waals surface area contributed by atoms with E-state index >= 15 is 0 Å². The molecule has 0 unspecified atom stereocenters. The molecule has 1 aromatic heterocycles. The number of aryl methyl sites for hydroxylation is 2. The standard InChI is InChI=1S/C12H21N3O/c1-7-9(11(16-5)15(4)14-7)10-8(6-13)12(10,2)3/h8,10H,6,13H2,1-5H3/t8-,10+/m1/s1. The molecular weight excluding hydrogens is 202 g/mol. The van der Waals surface area contributed by atoms with Crippen LogP contribution in [-0.4, -0.2) is 23.4 Å². The van der Waals surface area contributed by atoms with E-state index in [4.69, 9.17) is 10.5 Å². The highest BCUT2D eigenvalue weighted by Crippen LogP contribution is 2.65. The molecule has 1 aromatic rings. The van der Waals surface area contributed by atoms with Crippen LogP contribution in [-0.2, 0) is 7.05 Å². The average Bonchev–Trinajstić information content (AvgIpc) is 2.61. The lowest BCUT2D eigenvalue weighted by molar-refractivity contribution is 0.368. The van der Waals surface area contributed by atoms with Crippen molar-refractivity contribution < 1.29 is 4.74 Å². The maximum atomic E-state index is 5.82. The fourth-order valence-electron chi connectivity index (χ4n) is 3.01. The summed E-state index contributed by atoms with van der Waals surface area (Å²) in [7, 11) is 3.62. The molecule has 0 saturated heterocycles. The van der Waals surface area contributed by atoms with Gasteiger partial charge < -0.3 is 10.5 Å². The molecule has 1 aliphatic carbocycles. The van der Waals surface area contributed by atoms with Gasteiger partial charge in [-0.25, -0.2) is 4.68 Å². The lowest BCUT2D eigenvalue weighted by atomic mass is 10.0. The quantitative estimate of drug-likeness (QED) is 0.843. The smallest absolute Gasteiger partial charge is 0.215 e. The molecule has 1 saturated carbocycles. The van der Waals surface area contributed by atoms with Crippen LogP contribution in [0.3, 0.4) is 0 Å². The average molecular weight is 223 g/mol. The first-order valence-corrected chi connectivity index (χ1v) is 5.72. The summed E-state index contributed by atoms with van der Waals surface area (Å²) in [5, 5.41) is 4.43. The van der Waals surface area contributed by atoms with Crippen LogP contribution in [0.2, 0.25) is 0 Å². The number of hydrogen-bond acceptors (Lipinski definition) is 3. The topological polar surface area (TPSA) is 53.1 Å². The number of nitrogens with zero attached hydrogens (tertiary/aromatic N) is 2. The summed E-state index contributed by atoms with van der Waals surface area (Å²) < 4.78 is 7.26. The zero-order chi connectivity index (χ0) is 12.1. The molecule has 1 heterocycles. The minimum absolute atomic E-state index is 0.274.